The molecule has 1 aliphatic rings. The Kier molecular flexibility index (Phi) is 5.26. The molecule has 30 heavy (non-hydrogen) atoms. The Balaban J connectivity index is 1.56. The van der Waals surface area contributed by atoms with Gasteiger partial charge in [-0.2, -0.15) is 9.29 Å². The van der Waals surface area contributed by atoms with Gasteiger partial charge in [0.1, 0.15) is 0 Å². The van der Waals surface area contributed by atoms with Crippen molar-refractivity contribution in [2.75, 3.05) is 38.5 Å². The van der Waals surface area contributed by atoms with Crippen LogP contribution in [0.4, 0.5) is 5.69 Å². The summed E-state index contributed by atoms with van der Waals surface area (Å²) in [7, 11) is -1.67. The lowest BCUT2D eigenvalue weighted by atomic mass is 10.3. The van der Waals surface area contributed by atoms with E-state index in [1.807, 2.05) is 27.0 Å². The Morgan fingerprint density at radius 2 is 1.80 bits per heavy atom. The number of anilines is 1. The van der Waals surface area contributed by atoms with Crippen LogP contribution in [0.5, 0.6) is 0 Å². The maximum atomic E-state index is 12.9. The van der Waals surface area contributed by atoms with Crippen molar-refractivity contribution >= 4 is 27.4 Å². The summed E-state index contributed by atoms with van der Waals surface area (Å²) in [6.07, 6.45) is 0. The molecule has 11 heteroatoms. The first-order valence-electron chi connectivity index (χ1n) is 9.55. The van der Waals surface area contributed by atoms with Crippen LogP contribution in [0.2, 0.25) is 0 Å². The molecular weight excluding hydrogens is 406 g/mol. The number of nitrogens with one attached hydrogen (secondary N) is 1. The maximum absolute atomic E-state index is 12.9. The lowest BCUT2D eigenvalue weighted by Gasteiger charge is -2.31. The number of amides is 1. The van der Waals surface area contributed by atoms with Gasteiger partial charge in [-0.1, -0.05) is 6.07 Å². The minimum atomic E-state index is -3.63. The topological polar surface area (TPSA) is 113 Å². The molecule has 0 bridgehead atoms. The smallest absolute Gasteiger partial charge is 0.295 e. The van der Waals surface area contributed by atoms with Crippen LogP contribution in [0, 0.1) is 13.8 Å². The molecule has 3 heterocycles. The van der Waals surface area contributed by atoms with Gasteiger partial charge in [-0.25, -0.2) is 17.9 Å². The van der Waals surface area contributed by atoms with Crippen LogP contribution in [0.15, 0.2) is 35.2 Å². The molecule has 0 spiro atoms. The number of aryl methyl sites for hydroxylation is 2. The van der Waals surface area contributed by atoms with Gasteiger partial charge in [0.15, 0.2) is 0 Å². The number of hydrogen-bond donors (Lipinski definition) is 1. The van der Waals surface area contributed by atoms with E-state index in [1.54, 1.807) is 12.1 Å². The number of hydrogen-bond acceptors (Lipinski definition) is 7. The third-order valence-electron chi connectivity index (χ3n) is 5.01. The zero-order chi connectivity index (χ0) is 21.5. The van der Waals surface area contributed by atoms with E-state index in [9.17, 15) is 13.2 Å². The van der Waals surface area contributed by atoms with E-state index in [0.717, 1.165) is 11.4 Å². The van der Waals surface area contributed by atoms with Crippen molar-refractivity contribution in [3.8, 4) is 0 Å². The van der Waals surface area contributed by atoms with Crippen molar-refractivity contribution in [3.05, 3.63) is 47.5 Å². The second-order valence-electron chi connectivity index (χ2n) is 7.38. The Morgan fingerprint density at radius 1 is 1.07 bits per heavy atom. The van der Waals surface area contributed by atoms with Crippen LogP contribution >= 0.6 is 0 Å². The van der Waals surface area contributed by atoms with Crippen molar-refractivity contribution in [2.24, 2.45) is 0 Å². The van der Waals surface area contributed by atoms with Crippen LogP contribution in [0.1, 0.15) is 22.0 Å². The molecule has 10 nitrogen and oxygen atoms in total. The molecule has 0 atom stereocenters. The normalized spacial score (nSPS) is 16.1. The highest BCUT2D eigenvalue weighted by atomic mass is 32.2. The quantitative estimate of drug-likeness (QED) is 0.656. The largest absolute Gasteiger partial charge is 0.319 e. The van der Waals surface area contributed by atoms with Crippen LogP contribution in [0.25, 0.3) is 5.78 Å². The lowest BCUT2D eigenvalue weighted by molar-refractivity contribution is 0.101. The van der Waals surface area contributed by atoms with Crippen molar-refractivity contribution in [1.82, 2.24) is 28.8 Å². The molecule has 1 amide bonds. The third kappa shape index (κ3) is 3.91. The molecule has 1 N–H and O–H groups in total. The van der Waals surface area contributed by atoms with Crippen LogP contribution in [0.3, 0.4) is 0 Å². The molecule has 0 aliphatic carbocycles. The number of rotatable bonds is 4. The Labute approximate surface area is 174 Å². The van der Waals surface area contributed by atoms with E-state index in [-0.39, 0.29) is 10.7 Å². The van der Waals surface area contributed by atoms with Crippen LogP contribution in [-0.4, -0.2) is 76.3 Å². The van der Waals surface area contributed by atoms with Gasteiger partial charge in [0.2, 0.25) is 15.8 Å². The summed E-state index contributed by atoms with van der Waals surface area (Å²) in [6, 6.07) is 8.06. The highest BCUT2D eigenvalue weighted by Gasteiger charge is 2.27. The molecule has 158 valence electrons. The van der Waals surface area contributed by atoms with Crippen molar-refractivity contribution in [1.29, 1.82) is 0 Å². The molecule has 4 rings (SSSR count). The number of aromatic nitrogens is 4. The second kappa shape index (κ2) is 7.74. The second-order valence-corrected chi connectivity index (χ2v) is 9.31. The van der Waals surface area contributed by atoms with E-state index in [4.69, 9.17) is 0 Å². The van der Waals surface area contributed by atoms with Gasteiger partial charge in [0.05, 0.1) is 4.90 Å². The number of carbonyl (C=O) groups excluding carboxylic acids is 1. The fraction of sp³-hybridized carbons (Fsp3) is 0.368. The van der Waals surface area contributed by atoms with E-state index >= 15 is 0 Å². The molecule has 3 aromatic rings. The van der Waals surface area contributed by atoms with E-state index < -0.39 is 15.9 Å². The first-order chi connectivity index (χ1) is 14.2. The predicted octanol–water partition coefficient (Wildman–Crippen LogP) is 0.930. The average Bonchev–Trinajstić information content (AvgIpc) is 3.13. The number of fused-ring (bicyclic) bond motifs is 1. The van der Waals surface area contributed by atoms with Gasteiger partial charge >= 0.3 is 0 Å². The van der Waals surface area contributed by atoms with Crippen molar-refractivity contribution < 1.29 is 13.2 Å². The molecule has 1 saturated heterocycles. The minimum absolute atomic E-state index is 0.0384. The molecule has 2 aromatic heterocycles. The number of carbonyl (C=O) groups is 1. The third-order valence-corrected chi connectivity index (χ3v) is 6.91. The Hall–Kier alpha value is -2.89. The Morgan fingerprint density at radius 3 is 2.53 bits per heavy atom. The standard InChI is InChI=1S/C19H23N7O3S/c1-13-11-14(2)26-19(20-13)22-17(23-26)18(27)21-15-5-4-6-16(12-15)30(28,29)25-9-7-24(3)8-10-25/h4-6,11-12H,7-10H2,1-3H3,(H,21,27). The molecule has 1 aliphatic heterocycles. The maximum Gasteiger partial charge on any atom is 0.295 e. The monoisotopic (exact) mass is 429 g/mol. The predicted molar refractivity (Wildman–Crippen MR) is 111 cm³/mol. The van der Waals surface area contributed by atoms with Gasteiger partial charge in [0, 0.05) is 43.3 Å². The summed E-state index contributed by atoms with van der Waals surface area (Å²) >= 11 is 0. The van der Waals surface area contributed by atoms with Crippen molar-refractivity contribution in [2.45, 2.75) is 18.7 Å². The lowest BCUT2D eigenvalue weighted by Crippen LogP contribution is -2.47. The van der Waals surface area contributed by atoms with Crippen molar-refractivity contribution in [3.63, 3.8) is 0 Å². The van der Waals surface area contributed by atoms with Gasteiger partial charge in [0.25, 0.3) is 11.7 Å². The van der Waals surface area contributed by atoms with Crippen LogP contribution in [-0.2, 0) is 10.0 Å². The highest BCUT2D eigenvalue weighted by Crippen LogP contribution is 2.21. The first-order valence-corrected chi connectivity index (χ1v) is 11.0. The van der Waals surface area contributed by atoms with E-state index in [1.165, 1.54) is 21.0 Å². The zero-order valence-corrected chi connectivity index (χ0v) is 17.8. The number of sulfonamides is 1. The number of benzene rings is 1. The van der Waals surface area contributed by atoms with Gasteiger partial charge in [-0.15, -0.1) is 5.10 Å². The van der Waals surface area contributed by atoms with Crippen LogP contribution < -0.4 is 5.32 Å². The highest BCUT2D eigenvalue weighted by molar-refractivity contribution is 7.89. The summed E-state index contributed by atoms with van der Waals surface area (Å²) < 4.78 is 28.9. The molecule has 0 radical (unpaired) electrons. The minimum Gasteiger partial charge on any atom is -0.319 e. The van der Waals surface area contributed by atoms with Gasteiger partial charge in [-0.05, 0) is 45.2 Å². The molecule has 1 fully saturated rings. The summed E-state index contributed by atoms with van der Waals surface area (Å²) in [4.78, 5) is 23.3. The zero-order valence-electron chi connectivity index (χ0n) is 17.0. The summed E-state index contributed by atoms with van der Waals surface area (Å²) in [5.41, 5.74) is 1.94. The summed E-state index contributed by atoms with van der Waals surface area (Å²) in [5, 5.41) is 6.88. The molecule has 0 unspecified atom stereocenters. The number of piperazine rings is 1. The molecule has 0 saturated carbocycles. The molecular formula is C19H23N7O3S. The first kappa shape index (κ1) is 20.4. The van der Waals surface area contributed by atoms with E-state index in [0.29, 0.717) is 37.6 Å². The fourth-order valence-corrected chi connectivity index (χ4v) is 4.83. The van der Waals surface area contributed by atoms with E-state index in [2.05, 4.69) is 25.3 Å². The fourth-order valence-electron chi connectivity index (χ4n) is 3.36. The number of nitrogens with zero attached hydrogens (tertiary/aromatic N) is 6. The average molecular weight is 430 g/mol. The van der Waals surface area contributed by atoms with Gasteiger partial charge in [-0.3, -0.25) is 4.79 Å². The SMILES string of the molecule is Cc1cc(C)n2nc(C(=O)Nc3cccc(S(=O)(=O)N4CCN(C)CC4)c3)nc2n1. The summed E-state index contributed by atoms with van der Waals surface area (Å²) in [6.45, 7) is 5.93. The molecule has 1 aromatic carbocycles. The summed E-state index contributed by atoms with van der Waals surface area (Å²) in [5.74, 6) is -0.237. The van der Waals surface area contributed by atoms with Gasteiger partial charge < -0.3 is 10.2 Å². The number of likely N-dealkylation sites (N-methyl/N-ethyl adjacent to an activating group) is 1. The Bertz CT molecular complexity index is 1210.